The molecule has 0 radical (unpaired) electrons. The zero-order chi connectivity index (χ0) is 14.6. The predicted octanol–water partition coefficient (Wildman–Crippen LogP) is -3.49. The second-order valence-electron chi connectivity index (χ2n) is 4.25. The van der Waals surface area contributed by atoms with Crippen molar-refractivity contribution in [3.63, 3.8) is 0 Å². The number of alkyl carbamates (subject to hydrolysis) is 1. The fourth-order valence-electron chi connectivity index (χ4n) is 1.93. The number of aliphatic hydroxyl groups is 4. The Morgan fingerprint density at radius 3 is 2.11 bits per heavy atom. The summed E-state index contributed by atoms with van der Waals surface area (Å²) in [5.41, 5.74) is 5.20. The van der Waals surface area contributed by atoms with Crippen molar-refractivity contribution in [2.75, 3.05) is 20.2 Å². The van der Waals surface area contributed by atoms with Gasteiger partial charge in [-0.2, -0.15) is 0 Å². The van der Waals surface area contributed by atoms with Crippen LogP contribution in [0.5, 0.6) is 0 Å². The number of nitrogens with one attached hydrogen (secondary N) is 1. The third-order valence-electron chi connectivity index (χ3n) is 2.98. The molecule has 6 atom stereocenters. The number of rotatable bonds is 4. The summed E-state index contributed by atoms with van der Waals surface area (Å²) < 4.78 is 9.79. The van der Waals surface area contributed by atoms with Crippen molar-refractivity contribution in [3.05, 3.63) is 0 Å². The van der Waals surface area contributed by atoms with Crippen LogP contribution in [0.15, 0.2) is 0 Å². The lowest BCUT2D eigenvalue weighted by molar-refractivity contribution is -0.229. The summed E-state index contributed by atoms with van der Waals surface area (Å²) >= 11 is 0. The van der Waals surface area contributed by atoms with E-state index in [1.807, 2.05) is 0 Å². The van der Waals surface area contributed by atoms with Crippen molar-refractivity contribution in [2.45, 2.75) is 36.6 Å². The van der Waals surface area contributed by atoms with Gasteiger partial charge in [-0.05, 0) is 0 Å². The number of methoxy groups -OCH3 is 1. The van der Waals surface area contributed by atoms with E-state index in [4.69, 9.17) is 15.2 Å². The van der Waals surface area contributed by atoms with E-state index in [1.54, 1.807) is 0 Å². The highest BCUT2D eigenvalue weighted by atomic mass is 16.6. The number of hydrogen-bond donors (Lipinski definition) is 6. The van der Waals surface area contributed by atoms with Gasteiger partial charge >= 0.3 is 6.09 Å². The normalized spacial score (nSPS) is 38.8. The minimum absolute atomic E-state index is 0.174. The summed E-state index contributed by atoms with van der Waals surface area (Å²) in [5.74, 6) is 0. The average Bonchev–Trinajstić information content (AvgIpc) is 2.40. The van der Waals surface area contributed by atoms with Crippen LogP contribution in [0.25, 0.3) is 0 Å². The van der Waals surface area contributed by atoms with Gasteiger partial charge in [-0.1, -0.05) is 0 Å². The smallest absolute Gasteiger partial charge is 0.407 e. The quantitative estimate of drug-likeness (QED) is 0.310. The molecule has 0 spiro atoms. The van der Waals surface area contributed by atoms with Crippen LogP contribution in [0.2, 0.25) is 0 Å². The number of hydrogen-bond acceptors (Lipinski definition) is 8. The first-order chi connectivity index (χ1) is 8.93. The molecule has 1 amide bonds. The maximum Gasteiger partial charge on any atom is 0.407 e. The van der Waals surface area contributed by atoms with Gasteiger partial charge in [0.1, 0.15) is 30.5 Å². The molecule has 112 valence electrons. The summed E-state index contributed by atoms with van der Waals surface area (Å²) in [6.07, 6.45) is -9.64. The minimum atomic E-state index is -1.64. The molecule has 1 rings (SSSR count). The van der Waals surface area contributed by atoms with Gasteiger partial charge in [0.25, 0.3) is 0 Å². The van der Waals surface area contributed by atoms with Gasteiger partial charge in [-0.15, -0.1) is 0 Å². The molecule has 0 heterocycles. The van der Waals surface area contributed by atoms with Crippen molar-refractivity contribution >= 4 is 6.09 Å². The van der Waals surface area contributed by atoms with Crippen LogP contribution in [0.4, 0.5) is 4.79 Å². The first kappa shape index (κ1) is 16.1. The van der Waals surface area contributed by atoms with Crippen LogP contribution in [0, 0.1) is 0 Å². The Balaban J connectivity index is 2.74. The molecule has 6 unspecified atom stereocenters. The largest absolute Gasteiger partial charge is 0.440 e. The zero-order valence-corrected chi connectivity index (χ0v) is 10.5. The third kappa shape index (κ3) is 3.53. The predicted molar refractivity (Wildman–Crippen MR) is 62.2 cm³/mol. The first-order valence-electron chi connectivity index (χ1n) is 5.83. The van der Waals surface area contributed by atoms with Crippen LogP contribution >= 0.6 is 0 Å². The van der Waals surface area contributed by atoms with Crippen LogP contribution < -0.4 is 11.1 Å². The van der Waals surface area contributed by atoms with Gasteiger partial charge in [0.05, 0.1) is 0 Å². The highest BCUT2D eigenvalue weighted by molar-refractivity contribution is 5.67. The van der Waals surface area contributed by atoms with Crippen LogP contribution in [0.3, 0.4) is 0 Å². The van der Waals surface area contributed by atoms with Gasteiger partial charge in [0.2, 0.25) is 0 Å². The average molecular weight is 280 g/mol. The molecule has 1 saturated carbocycles. The lowest BCUT2D eigenvalue weighted by Crippen LogP contribution is -2.65. The van der Waals surface area contributed by atoms with E-state index in [0.29, 0.717) is 0 Å². The molecule has 0 aromatic rings. The minimum Gasteiger partial charge on any atom is -0.440 e. The molecule has 9 heteroatoms. The SMILES string of the molecule is COC1C(O)C(O)C(O)C(O)C1OC(=O)NCCN. The summed E-state index contributed by atoms with van der Waals surface area (Å²) in [5, 5.41) is 40.8. The van der Waals surface area contributed by atoms with E-state index in [1.165, 1.54) is 7.11 Å². The van der Waals surface area contributed by atoms with E-state index < -0.39 is 42.7 Å². The molecule has 1 aliphatic carbocycles. The second-order valence-corrected chi connectivity index (χ2v) is 4.25. The Kier molecular flexibility index (Phi) is 5.91. The van der Waals surface area contributed by atoms with E-state index in [0.717, 1.165) is 0 Å². The van der Waals surface area contributed by atoms with Gasteiger partial charge in [0.15, 0.2) is 6.10 Å². The Bertz CT molecular complexity index is 304. The molecule has 7 N–H and O–H groups in total. The summed E-state index contributed by atoms with van der Waals surface area (Å²) in [6.45, 7) is 0.382. The van der Waals surface area contributed by atoms with Crippen LogP contribution in [0.1, 0.15) is 0 Å². The highest BCUT2D eigenvalue weighted by Crippen LogP contribution is 2.25. The number of amides is 1. The van der Waals surface area contributed by atoms with E-state index in [9.17, 15) is 25.2 Å². The molecule has 19 heavy (non-hydrogen) atoms. The Hall–Kier alpha value is -0.970. The van der Waals surface area contributed by atoms with Gasteiger partial charge in [0, 0.05) is 20.2 Å². The Morgan fingerprint density at radius 1 is 1.11 bits per heavy atom. The molecule has 1 fully saturated rings. The third-order valence-corrected chi connectivity index (χ3v) is 2.98. The first-order valence-corrected chi connectivity index (χ1v) is 5.83. The van der Waals surface area contributed by atoms with E-state index in [2.05, 4.69) is 5.32 Å². The lowest BCUT2D eigenvalue weighted by Gasteiger charge is -2.42. The lowest BCUT2D eigenvalue weighted by atomic mass is 9.84. The molecular weight excluding hydrogens is 260 g/mol. The van der Waals surface area contributed by atoms with Crippen molar-refractivity contribution in [1.82, 2.24) is 5.32 Å². The van der Waals surface area contributed by atoms with E-state index in [-0.39, 0.29) is 13.1 Å². The van der Waals surface area contributed by atoms with Gasteiger partial charge < -0.3 is 41.0 Å². The Labute approximate surface area is 109 Å². The number of nitrogens with two attached hydrogens (primary N) is 1. The second kappa shape index (κ2) is 6.98. The molecular formula is C10H20N2O7. The summed E-state index contributed by atoms with van der Waals surface area (Å²) in [4.78, 5) is 11.4. The fourth-order valence-corrected chi connectivity index (χ4v) is 1.93. The number of carbonyl (C=O) groups excluding carboxylic acids is 1. The molecule has 0 saturated heterocycles. The topological polar surface area (TPSA) is 155 Å². The van der Waals surface area contributed by atoms with E-state index >= 15 is 0 Å². The maximum absolute atomic E-state index is 11.4. The highest BCUT2D eigenvalue weighted by Gasteiger charge is 2.51. The van der Waals surface area contributed by atoms with Crippen molar-refractivity contribution in [1.29, 1.82) is 0 Å². The number of carbonyl (C=O) groups is 1. The molecule has 0 aliphatic heterocycles. The fraction of sp³-hybridized carbons (Fsp3) is 0.900. The summed E-state index contributed by atoms with van der Waals surface area (Å²) in [6, 6.07) is 0. The number of ether oxygens (including phenoxy) is 2. The molecule has 0 aromatic carbocycles. The molecule has 9 nitrogen and oxygen atoms in total. The molecule has 0 bridgehead atoms. The molecule has 0 aromatic heterocycles. The zero-order valence-electron chi connectivity index (χ0n) is 10.5. The van der Waals surface area contributed by atoms with Crippen molar-refractivity contribution in [2.24, 2.45) is 5.73 Å². The number of aliphatic hydroxyl groups excluding tert-OH is 4. The molecule has 1 aliphatic rings. The standard InChI is InChI=1S/C10H20N2O7/c1-18-8-6(15)4(13)5(14)7(16)9(8)19-10(17)12-3-2-11/h4-9,13-16H,2-3,11H2,1H3,(H,12,17). The van der Waals surface area contributed by atoms with Gasteiger partial charge in [-0.25, -0.2) is 4.79 Å². The maximum atomic E-state index is 11.4. The Morgan fingerprint density at radius 2 is 1.63 bits per heavy atom. The van der Waals surface area contributed by atoms with Crippen molar-refractivity contribution < 1.29 is 34.7 Å². The van der Waals surface area contributed by atoms with Crippen LogP contribution in [-0.4, -0.2) is 83.3 Å². The van der Waals surface area contributed by atoms with Crippen molar-refractivity contribution in [3.8, 4) is 0 Å². The van der Waals surface area contributed by atoms with Gasteiger partial charge in [-0.3, -0.25) is 0 Å². The summed E-state index contributed by atoms with van der Waals surface area (Å²) in [7, 11) is 1.22. The van der Waals surface area contributed by atoms with Crippen LogP contribution in [-0.2, 0) is 9.47 Å². The monoisotopic (exact) mass is 280 g/mol.